The van der Waals surface area contributed by atoms with E-state index in [1.807, 2.05) is 12.1 Å². The Morgan fingerprint density at radius 2 is 2.04 bits per heavy atom. The van der Waals surface area contributed by atoms with Gasteiger partial charge in [-0.3, -0.25) is 9.55 Å². The maximum atomic E-state index is 12.2. The highest BCUT2D eigenvalue weighted by Crippen LogP contribution is 2.19. The summed E-state index contributed by atoms with van der Waals surface area (Å²) in [6.07, 6.45) is 4.76. The van der Waals surface area contributed by atoms with Gasteiger partial charge in [0.05, 0.1) is 31.0 Å². The number of fused-ring (bicyclic) bond motifs is 1. The number of furan rings is 1. The van der Waals surface area contributed by atoms with E-state index in [2.05, 4.69) is 15.0 Å². The molecule has 0 fully saturated rings. The highest BCUT2D eigenvalue weighted by molar-refractivity contribution is 6.30. The van der Waals surface area contributed by atoms with Crippen LogP contribution in [0.15, 0.2) is 58.3 Å². The molecule has 0 radical (unpaired) electrons. The summed E-state index contributed by atoms with van der Waals surface area (Å²) >= 11 is 5.89. The lowest BCUT2D eigenvalue weighted by atomic mass is 10.2. The molecule has 114 valence electrons. The number of rotatable bonds is 3. The molecule has 7 heteroatoms. The van der Waals surface area contributed by atoms with E-state index in [0.717, 1.165) is 11.1 Å². The van der Waals surface area contributed by atoms with Crippen LogP contribution in [0.1, 0.15) is 5.56 Å². The van der Waals surface area contributed by atoms with Gasteiger partial charge in [0.1, 0.15) is 0 Å². The fourth-order valence-electron chi connectivity index (χ4n) is 2.39. The van der Waals surface area contributed by atoms with Gasteiger partial charge in [0.15, 0.2) is 11.3 Å². The SMILES string of the molecule is O=c1[nH]c2ncc(-c3ccoc3)nc2n1Cc1ccc(Cl)cc1. The Labute approximate surface area is 135 Å². The number of nitrogens with one attached hydrogen (secondary N) is 1. The number of H-pyrrole nitrogens is 1. The van der Waals surface area contributed by atoms with Crippen molar-refractivity contribution >= 4 is 22.9 Å². The molecule has 1 aromatic carbocycles. The van der Waals surface area contributed by atoms with Crippen LogP contribution >= 0.6 is 11.6 Å². The monoisotopic (exact) mass is 326 g/mol. The van der Waals surface area contributed by atoms with Crippen molar-refractivity contribution in [3.8, 4) is 11.3 Å². The van der Waals surface area contributed by atoms with Gasteiger partial charge in [-0.25, -0.2) is 14.8 Å². The minimum atomic E-state index is -0.251. The third-order valence-electron chi connectivity index (χ3n) is 3.55. The van der Waals surface area contributed by atoms with Crippen LogP contribution in [-0.2, 0) is 6.54 Å². The van der Waals surface area contributed by atoms with Gasteiger partial charge in [0, 0.05) is 10.6 Å². The summed E-state index contributed by atoms with van der Waals surface area (Å²) in [6.45, 7) is 0.388. The summed E-state index contributed by atoms with van der Waals surface area (Å²) in [5.41, 5.74) is 3.12. The molecule has 0 amide bonds. The van der Waals surface area contributed by atoms with E-state index in [0.29, 0.717) is 28.6 Å². The summed E-state index contributed by atoms with van der Waals surface area (Å²) in [5, 5.41) is 0.655. The Hall–Kier alpha value is -2.86. The summed E-state index contributed by atoms with van der Waals surface area (Å²) in [7, 11) is 0. The Bertz CT molecular complexity index is 1020. The van der Waals surface area contributed by atoms with Gasteiger partial charge in [-0.15, -0.1) is 0 Å². The fraction of sp³-hybridized carbons (Fsp3) is 0.0625. The predicted molar refractivity (Wildman–Crippen MR) is 86.4 cm³/mol. The molecule has 1 N–H and O–H groups in total. The first-order valence-corrected chi connectivity index (χ1v) is 7.31. The summed E-state index contributed by atoms with van der Waals surface area (Å²) in [6, 6.07) is 9.13. The van der Waals surface area contributed by atoms with Gasteiger partial charge in [0.2, 0.25) is 0 Å². The van der Waals surface area contributed by atoms with Crippen LogP contribution in [0, 0.1) is 0 Å². The molecule has 3 heterocycles. The molecular weight excluding hydrogens is 316 g/mol. The van der Waals surface area contributed by atoms with E-state index in [1.54, 1.807) is 41.5 Å². The van der Waals surface area contributed by atoms with Crippen molar-refractivity contribution in [3.05, 3.63) is 70.1 Å². The van der Waals surface area contributed by atoms with Crippen molar-refractivity contribution in [1.29, 1.82) is 0 Å². The van der Waals surface area contributed by atoms with E-state index in [1.165, 1.54) is 0 Å². The standard InChI is InChI=1S/C16H11ClN4O2/c17-12-3-1-10(2-4-12)8-21-15-14(20-16(21)22)18-7-13(19-15)11-5-6-23-9-11/h1-7,9H,8H2,(H,18,20,22). The van der Waals surface area contributed by atoms with Gasteiger partial charge >= 0.3 is 5.69 Å². The average Bonchev–Trinajstić information content (AvgIpc) is 3.18. The third kappa shape index (κ3) is 2.53. The molecule has 23 heavy (non-hydrogen) atoms. The molecule has 0 unspecified atom stereocenters. The lowest BCUT2D eigenvalue weighted by Crippen LogP contribution is -2.17. The van der Waals surface area contributed by atoms with Crippen LogP contribution in [0.3, 0.4) is 0 Å². The lowest BCUT2D eigenvalue weighted by molar-refractivity contribution is 0.568. The summed E-state index contributed by atoms with van der Waals surface area (Å²) < 4.78 is 6.62. The second-order valence-corrected chi connectivity index (χ2v) is 5.52. The van der Waals surface area contributed by atoms with Crippen LogP contribution in [0.25, 0.3) is 22.6 Å². The number of aromatic amines is 1. The van der Waals surface area contributed by atoms with Crippen molar-refractivity contribution in [3.63, 3.8) is 0 Å². The number of hydrogen-bond acceptors (Lipinski definition) is 4. The Morgan fingerprint density at radius 3 is 2.78 bits per heavy atom. The predicted octanol–water partition coefficient (Wildman–Crippen LogP) is 3.08. The second kappa shape index (κ2) is 5.40. The molecule has 0 bridgehead atoms. The lowest BCUT2D eigenvalue weighted by Gasteiger charge is -2.04. The van der Waals surface area contributed by atoms with Crippen LogP contribution in [0.5, 0.6) is 0 Å². The number of hydrogen-bond donors (Lipinski definition) is 1. The quantitative estimate of drug-likeness (QED) is 0.627. The second-order valence-electron chi connectivity index (χ2n) is 5.08. The molecule has 6 nitrogen and oxygen atoms in total. The van der Waals surface area contributed by atoms with Crippen molar-refractivity contribution in [2.75, 3.05) is 0 Å². The van der Waals surface area contributed by atoms with E-state index in [4.69, 9.17) is 16.0 Å². The van der Waals surface area contributed by atoms with Crippen molar-refractivity contribution in [1.82, 2.24) is 19.5 Å². The van der Waals surface area contributed by atoms with E-state index in [-0.39, 0.29) is 5.69 Å². The molecule has 0 saturated heterocycles. The van der Waals surface area contributed by atoms with Crippen LogP contribution < -0.4 is 5.69 Å². The van der Waals surface area contributed by atoms with Gasteiger partial charge in [-0.1, -0.05) is 23.7 Å². The largest absolute Gasteiger partial charge is 0.472 e. The first-order chi connectivity index (χ1) is 11.2. The van der Waals surface area contributed by atoms with E-state index < -0.39 is 0 Å². The summed E-state index contributed by atoms with van der Waals surface area (Å²) in [5.74, 6) is 0. The molecule has 3 aromatic heterocycles. The summed E-state index contributed by atoms with van der Waals surface area (Å²) in [4.78, 5) is 23.7. The van der Waals surface area contributed by atoms with E-state index >= 15 is 0 Å². The molecule has 0 aliphatic heterocycles. The molecule has 0 saturated carbocycles. The van der Waals surface area contributed by atoms with Crippen molar-refractivity contribution in [2.45, 2.75) is 6.54 Å². The Morgan fingerprint density at radius 1 is 1.22 bits per heavy atom. The zero-order valence-electron chi connectivity index (χ0n) is 11.9. The number of imidazole rings is 1. The third-order valence-corrected chi connectivity index (χ3v) is 3.80. The van der Waals surface area contributed by atoms with Crippen molar-refractivity contribution < 1.29 is 4.42 Å². The van der Waals surface area contributed by atoms with Gasteiger partial charge in [-0.2, -0.15) is 0 Å². The normalized spacial score (nSPS) is 11.2. The van der Waals surface area contributed by atoms with Crippen LogP contribution in [-0.4, -0.2) is 19.5 Å². The zero-order chi connectivity index (χ0) is 15.8. The molecule has 4 rings (SSSR count). The molecule has 0 aliphatic carbocycles. The Kier molecular flexibility index (Phi) is 3.24. The molecule has 4 aromatic rings. The van der Waals surface area contributed by atoms with Crippen molar-refractivity contribution in [2.24, 2.45) is 0 Å². The molecular formula is C16H11ClN4O2. The molecule has 0 aliphatic rings. The van der Waals surface area contributed by atoms with Gasteiger partial charge < -0.3 is 4.42 Å². The Balaban J connectivity index is 1.81. The average molecular weight is 327 g/mol. The highest BCUT2D eigenvalue weighted by atomic mass is 35.5. The van der Waals surface area contributed by atoms with E-state index in [9.17, 15) is 4.79 Å². The fourth-order valence-corrected chi connectivity index (χ4v) is 2.52. The number of nitrogens with zero attached hydrogens (tertiary/aromatic N) is 3. The highest BCUT2D eigenvalue weighted by Gasteiger charge is 2.12. The topological polar surface area (TPSA) is 76.7 Å². The molecule has 0 atom stereocenters. The maximum absolute atomic E-state index is 12.2. The zero-order valence-corrected chi connectivity index (χ0v) is 12.6. The first kappa shape index (κ1) is 13.8. The van der Waals surface area contributed by atoms with Gasteiger partial charge in [-0.05, 0) is 23.8 Å². The molecule has 0 spiro atoms. The smallest absolute Gasteiger partial charge is 0.329 e. The number of aromatic nitrogens is 4. The minimum absolute atomic E-state index is 0.251. The number of benzene rings is 1. The maximum Gasteiger partial charge on any atom is 0.329 e. The minimum Gasteiger partial charge on any atom is -0.472 e. The van der Waals surface area contributed by atoms with Crippen LogP contribution in [0.4, 0.5) is 0 Å². The first-order valence-electron chi connectivity index (χ1n) is 6.93. The van der Waals surface area contributed by atoms with Crippen LogP contribution in [0.2, 0.25) is 5.02 Å². The number of halogens is 1. The van der Waals surface area contributed by atoms with Gasteiger partial charge in [0.25, 0.3) is 0 Å².